The fourth-order valence-electron chi connectivity index (χ4n) is 3.37. The maximum Gasteiger partial charge on any atom is 0.292 e. The molecule has 0 amide bonds. The van der Waals surface area contributed by atoms with Crippen LogP contribution in [0.3, 0.4) is 0 Å². The molecule has 2 aliphatic heterocycles. The van der Waals surface area contributed by atoms with E-state index >= 15 is 0 Å². The second-order valence-corrected chi connectivity index (χ2v) is 8.25. The molecule has 0 atom stereocenters. The first-order chi connectivity index (χ1) is 13.9. The van der Waals surface area contributed by atoms with Gasteiger partial charge in [-0.15, -0.1) is 10.2 Å². The highest BCUT2D eigenvalue weighted by Gasteiger charge is 2.29. The minimum atomic E-state index is -4.07. The molecule has 0 saturated carbocycles. The fourth-order valence-corrected chi connectivity index (χ4v) is 4.06. The molecule has 4 rings (SSSR count). The molecule has 1 saturated heterocycles. The van der Waals surface area contributed by atoms with E-state index in [1.807, 2.05) is 22.9 Å². The second-order valence-electron chi connectivity index (χ2n) is 6.77. The van der Waals surface area contributed by atoms with Gasteiger partial charge >= 0.3 is 0 Å². The van der Waals surface area contributed by atoms with Crippen molar-refractivity contribution < 1.29 is 13.2 Å². The molecule has 0 aliphatic carbocycles. The van der Waals surface area contributed by atoms with E-state index in [0.717, 1.165) is 19.4 Å². The normalized spacial score (nSPS) is 18.1. The van der Waals surface area contributed by atoms with E-state index in [9.17, 15) is 8.42 Å². The number of aromatic nitrogens is 5. The number of hydrogen-bond acceptors (Lipinski definition) is 10. The molecule has 2 aromatic rings. The Labute approximate surface area is 167 Å². The van der Waals surface area contributed by atoms with Gasteiger partial charge in [-0.1, -0.05) is 0 Å². The Bertz CT molecular complexity index is 1030. The summed E-state index contributed by atoms with van der Waals surface area (Å²) in [6.45, 7) is 2.06. The van der Waals surface area contributed by atoms with Gasteiger partial charge < -0.3 is 14.5 Å². The average Bonchev–Trinajstić information content (AvgIpc) is 3.24. The highest BCUT2D eigenvalue weighted by molar-refractivity contribution is 7.89. The summed E-state index contributed by atoms with van der Waals surface area (Å²) in [5, 5.41) is 18.8. The molecule has 0 radical (unpaired) electrons. The van der Waals surface area contributed by atoms with Crippen LogP contribution >= 0.6 is 0 Å². The quantitative estimate of drug-likeness (QED) is 0.680. The van der Waals surface area contributed by atoms with E-state index in [0.29, 0.717) is 24.8 Å². The Hall–Kier alpha value is -3.06. The smallest absolute Gasteiger partial charge is 0.292 e. The number of likely N-dealkylation sites (N-methyl/N-ethyl adjacent to an activating group) is 1. The van der Waals surface area contributed by atoms with Gasteiger partial charge in [-0.25, -0.2) is 23.5 Å². The molecule has 12 nitrogen and oxygen atoms in total. The molecule has 0 bridgehead atoms. The zero-order valence-corrected chi connectivity index (χ0v) is 16.6. The Morgan fingerprint density at radius 3 is 2.76 bits per heavy atom. The van der Waals surface area contributed by atoms with Crippen LogP contribution in [0.15, 0.2) is 34.6 Å². The lowest BCUT2D eigenvalue weighted by atomic mass is 10.1. The third kappa shape index (κ3) is 4.05. The van der Waals surface area contributed by atoms with E-state index in [4.69, 9.17) is 9.88 Å². The number of nitrogens with two attached hydrogens (primary N) is 1. The number of piperidine rings is 1. The zero-order chi connectivity index (χ0) is 20.4. The monoisotopic (exact) mass is 419 g/mol. The van der Waals surface area contributed by atoms with E-state index in [-0.39, 0.29) is 22.5 Å². The van der Waals surface area contributed by atoms with Crippen molar-refractivity contribution >= 4 is 21.7 Å². The van der Waals surface area contributed by atoms with Gasteiger partial charge in [-0.05, 0) is 17.4 Å². The zero-order valence-electron chi connectivity index (χ0n) is 15.8. The van der Waals surface area contributed by atoms with Gasteiger partial charge in [0.1, 0.15) is 6.10 Å². The lowest BCUT2D eigenvalue weighted by Crippen LogP contribution is -2.41. The van der Waals surface area contributed by atoms with Gasteiger partial charge in [0.05, 0.1) is 11.3 Å². The van der Waals surface area contributed by atoms with Crippen LogP contribution in [-0.4, -0.2) is 77.7 Å². The van der Waals surface area contributed by atoms with Crippen molar-refractivity contribution in [1.82, 2.24) is 30.5 Å². The van der Waals surface area contributed by atoms with Crippen LogP contribution in [0.25, 0.3) is 11.4 Å². The number of aliphatic imine (C=N–C) groups is 1. The van der Waals surface area contributed by atoms with Gasteiger partial charge in [0.2, 0.25) is 5.82 Å². The standard InChI is InChI=1S/C16H21N9O3S/c1-24-8-2-6-19-16(24)28-11-4-9-25(10-5-11)12-3-7-18-15(29(17,26)27)13(12)14-20-22-23-21-14/h2-3,6-7,11H,4-5,8-10H2,1H3,(H2,17,26,27)(H,20,21,22,23). The van der Waals surface area contributed by atoms with E-state index in [1.165, 1.54) is 6.20 Å². The van der Waals surface area contributed by atoms with Gasteiger partial charge in [0, 0.05) is 51.9 Å². The fraction of sp³-hybridized carbons (Fsp3) is 0.438. The number of hydrogen-bond donors (Lipinski definition) is 2. The molecule has 2 aliphatic rings. The summed E-state index contributed by atoms with van der Waals surface area (Å²) in [7, 11) is -2.14. The Kier molecular flexibility index (Phi) is 5.15. The topological polar surface area (TPSA) is 156 Å². The molecule has 29 heavy (non-hydrogen) atoms. The summed E-state index contributed by atoms with van der Waals surface area (Å²) in [5.74, 6) is 0.125. The summed E-state index contributed by atoms with van der Waals surface area (Å²) < 4.78 is 30.1. The molecule has 4 heterocycles. The first-order valence-corrected chi connectivity index (χ1v) is 10.6. The van der Waals surface area contributed by atoms with Crippen LogP contribution in [-0.2, 0) is 14.8 Å². The van der Waals surface area contributed by atoms with Gasteiger partial charge in [-0.2, -0.15) is 5.21 Å². The first kappa shape index (κ1) is 19.3. The molecule has 13 heteroatoms. The number of tetrazole rings is 1. The molecule has 0 spiro atoms. The van der Waals surface area contributed by atoms with Crippen molar-refractivity contribution in [3.8, 4) is 11.4 Å². The Balaban J connectivity index is 1.56. The number of aromatic amines is 1. The SMILES string of the molecule is CN1CC=CN=C1OC1CCN(c2ccnc(S(N)(=O)=O)c2-c2nn[nH]n2)CC1. The second kappa shape index (κ2) is 7.75. The van der Waals surface area contributed by atoms with Crippen molar-refractivity contribution in [2.75, 3.05) is 31.6 Å². The van der Waals surface area contributed by atoms with Crippen LogP contribution in [0.5, 0.6) is 0 Å². The van der Waals surface area contributed by atoms with Crippen LogP contribution in [0, 0.1) is 0 Å². The largest absolute Gasteiger partial charge is 0.461 e. The number of pyridine rings is 1. The molecule has 0 aromatic carbocycles. The number of nitrogens with zero attached hydrogens (tertiary/aromatic N) is 7. The van der Waals surface area contributed by atoms with Crippen LogP contribution in [0.2, 0.25) is 0 Å². The van der Waals surface area contributed by atoms with Crippen molar-refractivity contribution in [2.45, 2.75) is 24.0 Å². The molecular weight excluding hydrogens is 398 g/mol. The molecule has 154 valence electrons. The Morgan fingerprint density at radius 2 is 2.10 bits per heavy atom. The number of rotatable bonds is 4. The molecule has 0 unspecified atom stereocenters. The molecule has 2 aromatic heterocycles. The van der Waals surface area contributed by atoms with E-state index < -0.39 is 10.0 Å². The summed E-state index contributed by atoms with van der Waals surface area (Å²) >= 11 is 0. The third-order valence-corrected chi connectivity index (χ3v) is 5.63. The van der Waals surface area contributed by atoms with E-state index in [2.05, 4.69) is 30.6 Å². The first-order valence-electron chi connectivity index (χ1n) is 9.04. The number of H-pyrrole nitrogens is 1. The maximum absolute atomic E-state index is 12.1. The molecular formula is C16H21N9O3S. The summed E-state index contributed by atoms with van der Waals surface area (Å²) in [6.07, 6.45) is 6.63. The summed E-state index contributed by atoms with van der Waals surface area (Å²) in [5.41, 5.74) is 0.878. The van der Waals surface area contributed by atoms with Crippen molar-refractivity contribution in [2.24, 2.45) is 10.1 Å². The van der Waals surface area contributed by atoms with Gasteiger partial charge in [0.15, 0.2) is 5.03 Å². The predicted octanol–water partition coefficient (Wildman–Crippen LogP) is -0.290. The number of ether oxygens (including phenoxy) is 1. The number of primary sulfonamides is 1. The number of sulfonamides is 1. The van der Waals surface area contributed by atoms with Crippen molar-refractivity contribution in [3.63, 3.8) is 0 Å². The minimum absolute atomic E-state index is 0.0205. The highest BCUT2D eigenvalue weighted by atomic mass is 32.2. The number of amidine groups is 1. The van der Waals surface area contributed by atoms with Crippen LogP contribution < -0.4 is 10.0 Å². The van der Waals surface area contributed by atoms with Crippen LogP contribution in [0.1, 0.15) is 12.8 Å². The number of nitrogens with one attached hydrogen (secondary N) is 1. The summed E-state index contributed by atoms with van der Waals surface area (Å²) in [4.78, 5) is 12.2. The average molecular weight is 419 g/mol. The van der Waals surface area contributed by atoms with Crippen LogP contribution in [0.4, 0.5) is 5.69 Å². The van der Waals surface area contributed by atoms with E-state index in [1.54, 1.807) is 12.3 Å². The predicted molar refractivity (Wildman–Crippen MR) is 104 cm³/mol. The lowest BCUT2D eigenvalue weighted by Gasteiger charge is -2.35. The Morgan fingerprint density at radius 1 is 1.31 bits per heavy atom. The lowest BCUT2D eigenvalue weighted by molar-refractivity contribution is 0.132. The highest BCUT2D eigenvalue weighted by Crippen LogP contribution is 2.34. The van der Waals surface area contributed by atoms with Crippen molar-refractivity contribution in [1.29, 1.82) is 0 Å². The molecule has 1 fully saturated rings. The van der Waals surface area contributed by atoms with Gasteiger partial charge in [-0.3, -0.25) is 0 Å². The van der Waals surface area contributed by atoms with Gasteiger partial charge in [0.25, 0.3) is 16.0 Å². The molecule has 3 N–H and O–H groups in total. The number of anilines is 1. The minimum Gasteiger partial charge on any atom is -0.461 e. The maximum atomic E-state index is 12.1. The third-order valence-electron chi connectivity index (χ3n) is 4.78. The van der Waals surface area contributed by atoms with Crippen molar-refractivity contribution in [3.05, 3.63) is 24.5 Å². The summed E-state index contributed by atoms with van der Waals surface area (Å²) in [6, 6.07) is 2.34.